The molecule has 13 heavy (non-hydrogen) atoms. The third-order valence-corrected chi connectivity index (χ3v) is 2.09. The van der Waals surface area contributed by atoms with Crippen LogP contribution in [0.15, 0.2) is 24.3 Å². The van der Waals surface area contributed by atoms with E-state index in [0.29, 0.717) is 6.42 Å². The summed E-state index contributed by atoms with van der Waals surface area (Å²) in [5.74, 6) is 0.177. The minimum atomic E-state index is -0.554. The fourth-order valence-corrected chi connectivity index (χ4v) is 1.21. The molecular formula is C10H15NO2. The molecule has 0 bridgehead atoms. The van der Waals surface area contributed by atoms with Crippen LogP contribution in [0.5, 0.6) is 5.75 Å². The zero-order valence-corrected chi connectivity index (χ0v) is 7.64. The van der Waals surface area contributed by atoms with Gasteiger partial charge in [0.1, 0.15) is 5.75 Å². The van der Waals surface area contributed by atoms with Crippen molar-refractivity contribution in [3.63, 3.8) is 0 Å². The number of benzene rings is 1. The van der Waals surface area contributed by atoms with Gasteiger partial charge in [-0.15, -0.1) is 0 Å². The van der Waals surface area contributed by atoms with Gasteiger partial charge in [-0.2, -0.15) is 0 Å². The zero-order valence-electron chi connectivity index (χ0n) is 7.64. The van der Waals surface area contributed by atoms with Gasteiger partial charge in [-0.3, -0.25) is 0 Å². The van der Waals surface area contributed by atoms with Crippen molar-refractivity contribution >= 4 is 0 Å². The molecular weight excluding hydrogens is 166 g/mol. The predicted molar refractivity (Wildman–Crippen MR) is 51.3 cm³/mol. The first-order valence-electron chi connectivity index (χ1n) is 4.37. The van der Waals surface area contributed by atoms with Crippen molar-refractivity contribution in [2.24, 2.45) is 5.73 Å². The smallest absolute Gasteiger partial charge is 0.115 e. The molecule has 0 saturated heterocycles. The van der Waals surface area contributed by atoms with Crippen LogP contribution >= 0.6 is 0 Å². The van der Waals surface area contributed by atoms with E-state index in [9.17, 15) is 10.2 Å². The Labute approximate surface area is 77.8 Å². The molecule has 0 aliphatic carbocycles. The third-order valence-electron chi connectivity index (χ3n) is 2.09. The lowest BCUT2D eigenvalue weighted by molar-refractivity contribution is 0.140. The van der Waals surface area contributed by atoms with Crippen LogP contribution < -0.4 is 5.73 Å². The highest BCUT2D eigenvalue weighted by Gasteiger charge is 2.14. The van der Waals surface area contributed by atoms with Crippen LogP contribution in [-0.4, -0.2) is 16.3 Å². The van der Waals surface area contributed by atoms with E-state index in [-0.39, 0.29) is 5.75 Å². The maximum Gasteiger partial charge on any atom is 0.115 e. The summed E-state index contributed by atoms with van der Waals surface area (Å²) in [4.78, 5) is 0. The number of phenolic OH excluding ortho intramolecular Hbond substituents is 1. The molecule has 4 N–H and O–H groups in total. The summed E-state index contributed by atoms with van der Waals surface area (Å²) >= 11 is 0. The Morgan fingerprint density at radius 3 is 2.69 bits per heavy atom. The Balaban J connectivity index is 2.82. The number of aromatic hydroxyl groups is 1. The number of nitrogens with two attached hydrogens (primary N) is 1. The summed E-state index contributed by atoms with van der Waals surface area (Å²) in [6, 6.07) is 6.24. The van der Waals surface area contributed by atoms with E-state index >= 15 is 0 Å². The third kappa shape index (κ3) is 2.44. The van der Waals surface area contributed by atoms with Crippen LogP contribution in [0.1, 0.15) is 24.9 Å². The Bertz CT molecular complexity index is 275. The standard InChI is InChI=1S/C10H15NO2/c1-2-9(13)10(11)7-4-3-5-8(12)6-7/h3-6,9-10,12-13H,2,11H2,1H3/t9-,10+/m0/s1. The molecule has 0 heterocycles. The minimum Gasteiger partial charge on any atom is -0.508 e. The van der Waals surface area contributed by atoms with E-state index < -0.39 is 12.1 Å². The molecule has 0 amide bonds. The van der Waals surface area contributed by atoms with Crippen LogP contribution in [0, 0.1) is 0 Å². The van der Waals surface area contributed by atoms with Gasteiger partial charge < -0.3 is 15.9 Å². The van der Waals surface area contributed by atoms with Crippen LogP contribution in [0.4, 0.5) is 0 Å². The first kappa shape index (κ1) is 10.0. The molecule has 0 fully saturated rings. The molecule has 3 nitrogen and oxygen atoms in total. The van der Waals surface area contributed by atoms with Crippen molar-refractivity contribution in [2.45, 2.75) is 25.5 Å². The van der Waals surface area contributed by atoms with Gasteiger partial charge in [-0.1, -0.05) is 19.1 Å². The summed E-state index contributed by atoms with van der Waals surface area (Å²) < 4.78 is 0. The maximum absolute atomic E-state index is 9.46. The summed E-state index contributed by atoms with van der Waals surface area (Å²) in [6.45, 7) is 1.87. The largest absolute Gasteiger partial charge is 0.508 e. The molecule has 1 aromatic carbocycles. The molecule has 0 aliphatic heterocycles. The molecule has 72 valence electrons. The van der Waals surface area contributed by atoms with Gasteiger partial charge in [0.15, 0.2) is 0 Å². The van der Waals surface area contributed by atoms with Gasteiger partial charge in [0.2, 0.25) is 0 Å². The summed E-state index contributed by atoms with van der Waals surface area (Å²) in [6.07, 6.45) is 0.0541. The SMILES string of the molecule is CC[C@H](O)[C@H](N)c1cccc(O)c1. The first-order chi connectivity index (χ1) is 6.15. The molecule has 1 rings (SSSR count). The second-order valence-corrected chi connectivity index (χ2v) is 3.10. The van der Waals surface area contributed by atoms with Gasteiger partial charge in [-0.05, 0) is 24.1 Å². The van der Waals surface area contributed by atoms with Crippen molar-refractivity contribution < 1.29 is 10.2 Å². The Morgan fingerprint density at radius 2 is 2.15 bits per heavy atom. The molecule has 0 saturated carbocycles. The quantitative estimate of drug-likeness (QED) is 0.655. The molecule has 0 radical (unpaired) electrons. The Hall–Kier alpha value is -1.06. The van der Waals surface area contributed by atoms with E-state index in [0.717, 1.165) is 5.56 Å². The van der Waals surface area contributed by atoms with E-state index in [1.807, 2.05) is 6.92 Å². The van der Waals surface area contributed by atoms with Crippen molar-refractivity contribution in [1.82, 2.24) is 0 Å². The zero-order chi connectivity index (χ0) is 9.84. The van der Waals surface area contributed by atoms with Gasteiger partial charge >= 0.3 is 0 Å². The maximum atomic E-state index is 9.46. The molecule has 0 aliphatic rings. The number of hydrogen-bond acceptors (Lipinski definition) is 3. The molecule has 2 atom stereocenters. The van der Waals surface area contributed by atoms with Crippen LogP contribution in [0.25, 0.3) is 0 Å². The fraction of sp³-hybridized carbons (Fsp3) is 0.400. The summed E-state index contributed by atoms with van der Waals surface area (Å²) in [5.41, 5.74) is 6.52. The van der Waals surface area contributed by atoms with Crippen LogP contribution in [-0.2, 0) is 0 Å². The van der Waals surface area contributed by atoms with E-state index in [2.05, 4.69) is 0 Å². The summed E-state index contributed by atoms with van der Waals surface area (Å²) in [7, 11) is 0. The monoisotopic (exact) mass is 181 g/mol. The highest BCUT2D eigenvalue weighted by Crippen LogP contribution is 2.20. The minimum absolute atomic E-state index is 0.177. The fourth-order valence-electron chi connectivity index (χ4n) is 1.21. The lowest BCUT2D eigenvalue weighted by Crippen LogP contribution is -2.25. The lowest BCUT2D eigenvalue weighted by atomic mass is 10.0. The van der Waals surface area contributed by atoms with Crippen LogP contribution in [0.2, 0.25) is 0 Å². The second kappa shape index (κ2) is 4.25. The second-order valence-electron chi connectivity index (χ2n) is 3.10. The Kier molecular flexibility index (Phi) is 3.28. The van der Waals surface area contributed by atoms with Crippen molar-refractivity contribution in [1.29, 1.82) is 0 Å². The van der Waals surface area contributed by atoms with E-state index in [1.54, 1.807) is 24.3 Å². The number of phenols is 1. The molecule has 0 spiro atoms. The first-order valence-corrected chi connectivity index (χ1v) is 4.37. The normalized spacial score (nSPS) is 15.3. The van der Waals surface area contributed by atoms with Crippen molar-refractivity contribution in [3.8, 4) is 5.75 Å². The Morgan fingerprint density at radius 1 is 1.46 bits per heavy atom. The topological polar surface area (TPSA) is 66.5 Å². The molecule has 0 aromatic heterocycles. The van der Waals surface area contributed by atoms with Crippen molar-refractivity contribution in [2.75, 3.05) is 0 Å². The van der Waals surface area contributed by atoms with Gasteiger partial charge in [0, 0.05) is 0 Å². The molecule has 3 heteroatoms. The number of aliphatic hydroxyl groups excluding tert-OH is 1. The van der Waals surface area contributed by atoms with E-state index in [4.69, 9.17) is 5.73 Å². The summed E-state index contributed by atoms with van der Waals surface area (Å²) in [5, 5.41) is 18.6. The van der Waals surface area contributed by atoms with Gasteiger partial charge in [0.25, 0.3) is 0 Å². The van der Waals surface area contributed by atoms with Crippen molar-refractivity contribution in [3.05, 3.63) is 29.8 Å². The lowest BCUT2D eigenvalue weighted by Gasteiger charge is -2.17. The average molecular weight is 181 g/mol. The number of rotatable bonds is 3. The molecule has 1 aromatic rings. The highest BCUT2D eigenvalue weighted by molar-refractivity contribution is 5.29. The predicted octanol–water partition coefficient (Wildman–Crippen LogP) is 1.16. The van der Waals surface area contributed by atoms with Crippen LogP contribution in [0.3, 0.4) is 0 Å². The average Bonchev–Trinajstić information content (AvgIpc) is 2.15. The number of aliphatic hydroxyl groups is 1. The van der Waals surface area contributed by atoms with Gasteiger partial charge in [0.05, 0.1) is 12.1 Å². The van der Waals surface area contributed by atoms with E-state index in [1.165, 1.54) is 0 Å². The highest BCUT2D eigenvalue weighted by atomic mass is 16.3. The van der Waals surface area contributed by atoms with Gasteiger partial charge in [-0.25, -0.2) is 0 Å². The molecule has 0 unspecified atom stereocenters. The number of hydrogen-bond donors (Lipinski definition) is 3.